The summed E-state index contributed by atoms with van der Waals surface area (Å²) in [6, 6.07) is 12.4. The molecule has 8 nitrogen and oxygen atoms in total. The monoisotopic (exact) mass is 429 g/mol. The molecule has 0 fully saturated rings. The van der Waals surface area contributed by atoms with Crippen LogP contribution < -0.4 is 14.2 Å². The third kappa shape index (κ3) is 4.31. The molecule has 4 rings (SSSR count). The summed E-state index contributed by atoms with van der Waals surface area (Å²) in [5.41, 5.74) is 2.04. The van der Waals surface area contributed by atoms with Crippen molar-refractivity contribution in [1.29, 1.82) is 0 Å². The number of hydrogen-bond donors (Lipinski definition) is 1. The Bertz CT molecular complexity index is 1150. The first kappa shape index (κ1) is 20.4. The second kappa shape index (κ2) is 7.73. The molecule has 2 heterocycles. The van der Waals surface area contributed by atoms with E-state index in [0.29, 0.717) is 30.5 Å². The van der Waals surface area contributed by atoms with Crippen LogP contribution >= 0.6 is 0 Å². The van der Waals surface area contributed by atoms with Crippen LogP contribution in [0.3, 0.4) is 0 Å². The van der Waals surface area contributed by atoms with Crippen LogP contribution in [0.25, 0.3) is 11.4 Å². The molecular formula is C21H23N3O5S. The van der Waals surface area contributed by atoms with Crippen molar-refractivity contribution < 1.29 is 22.4 Å². The molecule has 0 radical (unpaired) electrons. The fraction of sp³-hybridized carbons (Fsp3) is 0.333. The Morgan fingerprint density at radius 2 is 1.70 bits per heavy atom. The molecule has 0 amide bonds. The second-order valence-corrected chi connectivity index (χ2v) is 9.74. The maximum absolute atomic E-state index is 12.6. The molecule has 0 spiro atoms. The topological polar surface area (TPSA) is 104 Å². The van der Waals surface area contributed by atoms with Gasteiger partial charge in [0.2, 0.25) is 21.7 Å². The SMILES string of the molecule is CC(C)(C)c1ccc(-c2noc(CNS(=O)(=O)c3ccc4c(c3)OCCO4)n2)cc1. The first-order valence-electron chi connectivity index (χ1n) is 9.55. The van der Waals surface area contributed by atoms with Gasteiger partial charge in [-0.15, -0.1) is 0 Å². The molecule has 0 saturated carbocycles. The van der Waals surface area contributed by atoms with E-state index >= 15 is 0 Å². The maximum Gasteiger partial charge on any atom is 0.242 e. The van der Waals surface area contributed by atoms with Crippen molar-refractivity contribution in [3.63, 3.8) is 0 Å². The van der Waals surface area contributed by atoms with Crippen LogP contribution in [-0.2, 0) is 22.0 Å². The minimum absolute atomic E-state index is 0.0487. The van der Waals surface area contributed by atoms with E-state index in [0.717, 1.165) is 5.56 Å². The molecular weight excluding hydrogens is 406 g/mol. The molecule has 1 aliphatic rings. The molecule has 1 aliphatic heterocycles. The van der Waals surface area contributed by atoms with Crippen LogP contribution in [0.5, 0.6) is 11.5 Å². The lowest BCUT2D eigenvalue weighted by atomic mass is 9.87. The molecule has 1 aromatic heterocycles. The number of nitrogens with zero attached hydrogens (tertiary/aromatic N) is 2. The van der Waals surface area contributed by atoms with E-state index in [2.05, 4.69) is 35.6 Å². The van der Waals surface area contributed by atoms with Crippen molar-refractivity contribution in [2.24, 2.45) is 0 Å². The van der Waals surface area contributed by atoms with Gasteiger partial charge in [0.15, 0.2) is 11.5 Å². The quantitative estimate of drug-likeness (QED) is 0.664. The number of fused-ring (bicyclic) bond motifs is 1. The Morgan fingerprint density at radius 1 is 1.00 bits per heavy atom. The van der Waals surface area contributed by atoms with Crippen molar-refractivity contribution in [1.82, 2.24) is 14.9 Å². The van der Waals surface area contributed by atoms with Crippen LogP contribution in [0.1, 0.15) is 32.2 Å². The Balaban J connectivity index is 1.45. The standard InChI is InChI=1S/C21H23N3O5S/c1-21(2,3)15-6-4-14(5-7-15)20-23-19(29-24-20)13-22-30(25,26)16-8-9-17-18(12-16)28-11-10-27-17/h4-9,12,22H,10-11,13H2,1-3H3. The second-order valence-electron chi connectivity index (χ2n) is 7.97. The molecule has 2 aromatic carbocycles. The maximum atomic E-state index is 12.6. The van der Waals surface area contributed by atoms with Gasteiger partial charge >= 0.3 is 0 Å². The summed E-state index contributed by atoms with van der Waals surface area (Å²) < 4.78 is 43.7. The number of aromatic nitrogens is 2. The Labute approximate surface area is 175 Å². The molecule has 0 unspecified atom stereocenters. The molecule has 9 heteroatoms. The number of hydrogen-bond acceptors (Lipinski definition) is 7. The number of benzene rings is 2. The van der Waals surface area contributed by atoms with Gasteiger partial charge in [-0.3, -0.25) is 0 Å². The Hall–Kier alpha value is -2.91. The van der Waals surface area contributed by atoms with Crippen LogP contribution in [0, 0.1) is 0 Å². The Morgan fingerprint density at radius 3 is 2.40 bits per heavy atom. The van der Waals surface area contributed by atoms with Crippen molar-refractivity contribution in [3.05, 3.63) is 53.9 Å². The van der Waals surface area contributed by atoms with Crippen molar-refractivity contribution in [3.8, 4) is 22.9 Å². The van der Waals surface area contributed by atoms with E-state index < -0.39 is 10.0 Å². The minimum atomic E-state index is -3.78. The number of rotatable bonds is 5. The van der Waals surface area contributed by atoms with Gasteiger partial charge in [-0.05, 0) is 23.1 Å². The van der Waals surface area contributed by atoms with Crippen LogP contribution in [-0.4, -0.2) is 31.8 Å². The predicted molar refractivity (Wildman–Crippen MR) is 110 cm³/mol. The predicted octanol–water partition coefficient (Wildman–Crippen LogP) is 3.28. The van der Waals surface area contributed by atoms with Gasteiger partial charge in [0.05, 0.1) is 11.4 Å². The Kier molecular flexibility index (Phi) is 5.25. The lowest BCUT2D eigenvalue weighted by Gasteiger charge is -2.18. The number of nitrogens with one attached hydrogen (secondary N) is 1. The summed E-state index contributed by atoms with van der Waals surface area (Å²) in [6.45, 7) is 7.12. The van der Waals surface area contributed by atoms with Gasteiger partial charge in [0.1, 0.15) is 13.2 Å². The van der Waals surface area contributed by atoms with Crippen LogP contribution in [0.15, 0.2) is 51.9 Å². The van der Waals surface area contributed by atoms with E-state index in [4.69, 9.17) is 14.0 Å². The fourth-order valence-corrected chi connectivity index (χ4v) is 3.98. The zero-order chi connectivity index (χ0) is 21.4. The lowest BCUT2D eigenvalue weighted by Crippen LogP contribution is -2.24. The molecule has 1 N–H and O–H groups in total. The molecule has 0 saturated heterocycles. The summed E-state index contributed by atoms with van der Waals surface area (Å²) in [6.07, 6.45) is 0. The largest absolute Gasteiger partial charge is 0.486 e. The van der Waals surface area contributed by atoms with Gasteiger partial charge in [0, 0.05) is 11.6 Å². The first-order chi connectivity index (χ1) is 14.2. The smallest absolute Gasteiger partial charge is 0.242 e. The average Bonchev–Trinajstić information content (AvgIpc) is 3.21. The van der Waals surface area contributed by atoms with Crippen LogP contribution in [0.4, 0.5) is 0 Å². The third-order valence-corrected chi connectivity index (χ3v) is 6.11. The van der Waals surface area contributed by atoms with Gasteiger partial charge in [-0.1, -0.05) is 50.2 Å². The minimum Gasteiger partial charge on any atom is -0.486 e. The summed E-state index contributed by atoms with van der Waals surface area (Å²) in [5, 5.41) is 3.95. The van der Waals surface area contributed by atoms with Crippen molar-refractivity contribution in [2.45, 2.75) is 37.6 Å². The highest BCUT2D eigenvalue weighted by Crippen LogP contribution is 2.32. The van der Waals surface area contributed by atoms with E-state index in [1.54, 1.807) is 6.07 Å². The van der Waals surface area contributed by atoms with Crippen molar-refractivity contribution >= 4 is 10.0 Å². The van der Waals surface area contributed by atoms with Gasteiger partial charge < -0.3 is 14.0 Å². The lowest BCUT2D eigenvalue weighted by molar-refractivity contribution is 0.171. The molecule has 3 aromatic rings. The molecule has 0 bridgehead atoms. The summed E-state index contributed by atoms with van der Waals surface area (Å²) >= 11 is 0. The zero-order valence-electron chi connectivity index (χ0n) is 17.0. The van der Waals surface area contributed by atoms with Gasteiger partial charge in [-0.25, -0.2) is 13.1 Å². The highest BCUT2D eigenvalue weighted by Gasteiger charge is 2.21. The average molecular weight is 429 g/mol. The first-order valence-corrected chi connectivity index (χ1v) is 11.0. The highest BCUT2D eigenvalue weighted by atomic mass is 32.2. The molecule has 0 aliphatic carbocycles. The van der Waals surface area contributed by atoms with Crippen molar-refractivity contribution in [2.75, 3.05) is 13.2 Å². The summed E-state index contributed by atoms with van der Waals surface area (Å²) in [5.74, 6) is 1.51. The van der Waals surface area contributed by atoms with E-state index in [-0.39, 0.29) is 22.7 Å². The van der Waals surface area contributed by atoms with E-state index in [1.807, 2.05) is 24.3 Å². The summed E-state index contributed by atoms with van der Waals surface area (Å²) in [7, 11) is -3.78. The highest BCUT2D eigenvalue weighted by molar-refractivity contribution is 7.89. The van der Waals surface area contributed by atoms with E-state index in [9.17, 15) is 8.42 Å². The zero-order valence-corrected chi connectivity index (χ0v) is 17.8. The van der Waals surface area contributed by atoms with Crippen LogP contribution in [0.2, 0.25) is 0 Å². The van der Waals surface area contributed by atoms with E-state index in [1.165, 1.54) is 17.7 Å². The van der Waals surface area contributed by atoms with Gasteiger partial charge in [-0.2, -0.15) is 4.98 Å². The molecule has 0 atom stereocenters. The number of sulfonamides is 1. The number of ether oxygens (including phenoxy) is 2. The molecule has 30 heavy (non-hydrogen) atoms. The van der Waals surface area contributed by atoms with Gasteiger partial charge in [0.25, 0.3) is 0 Å². The third-order valence-electron chi connectivity index (χ3n) is 4.71. The fourth-order valence-electron chi connectivity index (χ4n) is 2.99. The normalized spacial score (nSPS) is 14.0. The molecule has 158 valence electrons. The summed E-state index contributed by atoms with van der Waals surface area (Å²) in [4.78, 5) is 4.36.